The Labute approximate surface area is 112 Å². The third-order valence-electron chi connectivity index (χ3n) is 4.80. The van der Waals surface area contributed by atoms with Crippen LogP contribution in [0.2, 0.25) is 0 Å². The minimum absolute atomic E-state index is 0.145. The van der Waals surface area contributed by atoms with Gasteiger partial charge in [0.05, 0.1) is 18.1 Å². The summed E-state index contributed by atoms with van der Waals surface area (Å²) in [6, 6.07) is 0.211. The van der Waals surface area contributed by atoms with Gasteiger partial charge in [-0.2, -0.15) is 0 Å². The molecule has 0 radical (unpaired) electrons. The average Bonchev–Trinajstić information content (AvgIpc) is 2.99. The third-order valence-corrected chi connectivity index (χ3v) is 4.80. The fraction of sp³-hybridized carbons (Fsp3) is 0.857. The molecule has 4 atom stereocenters. The summed E-state index contributed by atoms with van der Waals surface area (Å²) < 4.78 is 5.59. The van der Waals surface area contributed by atoms with Crippen molar-refractivity contribution in [1.82, 2.24) is 5.32 Å². The van der Waals surface area contributed by atoms with E-state index >= 15 is 0 Å². The van der Waals surface area contributed by atoms with E-state index < -0.39 is 17.8 Å². The van der Waals surface area contributed by atoms with E-state index in [-0.39, 0.29) is 24.2 Å². The highest BCUT2D eigenvalue weighted by atomic mass is 16.5. The highest BCUT2D eigenvalue weighted by molar-refractivity contribution is 5.86. The number of aliphatic carboxylic acids is 1. The number of fused-ring (bicyclic) bond motifs is 2. The van der Waals surface area contributed by atoms with Crippen molar-refractivity contribution in [2.45, 2.75) is 63.2 Å². The fourth-order valence-electron chi connectivity index (χ4n) is 3.85. The molecule has 5 heteroatoms. The van der Waals surface area contributed by atoms with Crippen LogP contribution in [0.5, 0.6) is 0 Å². The molecule has 19 heavy (non-hydrogen) atoms. The highest BCUT2D eigenvalue weighted by Gasteiger charge is 2.52. The third kappa shape index (κ3) is 2.36. The summed E-state index contributed by atoms with van der Waals surface area (Å²) in [4.78, 5) is 23.6. The van der Waals surface area contributed by atoms with Crippen LogP contribution in [0.15, 0.2) is 0 Å². The number of ether oxygens (including phenoxy) is 1. The van der Waals surface area contributed by atoms with Crippen LogP contribution < -0.4 is 10.4 Å². The van der Waals surface area contributed by atoms with E-state index in [1.54, 1.807) is 0 Å². The molecule has 2 aliphatic heterocycles. The van der Waals surface area contributed by atoms with E-state index in [1.165, 1.54) is 6.42 Å². The van der Waals surface area contributed by atoms with Crippen LogP contribution in [0.1, 0.15) is 44.9 Å². The lowest BCUT2D eigenvalue weighted by atomic mass is 9.78. The summed E-state index contributed by atoms with van der Waals surface area (Å²) in [6.07, 6.45) is 6.49. The van der Waals surface area contributed by atoms with Crippen molar-refractivity contribution < 1.29 is 19.4 Å². The molecule has 2 bridgehead atoms. The van der Waals surface area contributed by atoms with Crippen LogP contribution >= 0.6 is 0 Å². The second-order valence-electron chi connectivity index (χ2n) is 6.00. The maximum Gasteiger partial charge on any atom is 0.226 e. The number of carboxylic acid groups (broad SMARTS) is 1. The molecule has 0 aromatic heterocycles. The number of rotatable bonds is 3. The van der Waals surface area contributed by atoms with Crippen molar-refractivity contribution in [3.8, 4) is 0 Å². The van der Waals surface area contributed by atoms with Gasteiger partial charge in [-0.15, -0.1) is 0 Å². The first kappa shape index (κ1) is 12.9. The van der Waals surface area contributed by atoms with Gasteiger partial charge in [-0.25, -0.2) is 0 Å². The first-order valence-corrected chi connectivity index (χ1v) is 7.33. The summed E-state index contributed by atoms with van der Waals surface area (Å²) in [5, 5.41) is 14.2. The first-order valence-electron chi connectivity index (χ1n) is 7.33. The minimum atomic E-state index is -1.14. The van der Waals surface area contributed by atoms with Crippen molar-refractivity contribution in [3.05, 3.63) is 0 Å². The number of hydrogen-bond donors (Lipinski definition) is 1. The predicted molar refractivity (Wildman–Crippen MR) is 64.9 cm³/mol. The van der Waals surface area contributed by atoms with Gasteiger partial charge in [0.2, 0.25) is 5.91 Å². The quantitative estimate of drug-likeness (QED) is 0.778. The second kappa shape index (κ2) is 5.12. The normalized spacial score (nSPS) is 38.3. The summed E-state index contributed by atoms with van der Waals surface area (Å²) >= 11 is 0. The number of carbonyl (C=O) groups excluding carboxylic acids is 2. The topological polar surface area (TPSA) is 78.5 Å². The van der Waals surface area contributed by atoms with Crippen LogP contribution in [0, 0.1) is 11.8 Å². The lowest BCUT2D eigenvalue weighted by Crippen LogP contribution is -2.50. The number of amides is 1. The van der Waals surface area contributed by atoms with Crippen LogP contribution in [0.3, 0.4) is 0 Å². The number of carboxylic acids is 1. The molecule has 1 N–H and O–H groups in total. The van der Waals surface area contributed by atoms with E-state index in [4.69, 9.17) is 4.74 Å². The molecular weight excluding hydrogens is 246 g/mol. The SMILES string of the molecule is O=C([O-])[C@@H]1[C@H](C(=O)NC2CCCCC2)[C@@H]2CC[C@H]1O2. The lowest BCUT2D eigenvalue weighted by Gasteiger charge is -2.30. The van der Waals surface area contributed by atoms with E-state index in [1.807, 2.05) is 0 Å². The van der Waals surface area contributed by atoms with Gasteiger partial charge < -0.3 is 20.0 Å². The van der Waals surface area contributed by atoms with E-state index in [9.17, 15) is 14.7 Å². The van der Waals surface area contributed by atoms with Gasteiger partial charge in [0, 0.05) is 17.9 Å². The standard InChI is InChI=1S/C14H21NO4/c16-13(15-8-4-2-1-3-5-8)11-9-6-7-10(19-9)12(11)14(17)18/h8-12H,1-7H2,(H,15,16)(H,17,18)/p-1/t9-,10+,11+,12-/m0/s1. The molecule has 5 nitrogen and oxygen atoms in total. The summed E-state index contributed by atoms with van der Waals surface area (Å²) in [5.41, 5.74) is 0. The van der Waals surface area contributed by atoms with Gasteiger partial charge in [-0.1, -0.05) is 19.3 Å². The highest BCUT2D eigenvalue weighted by Crippen LogP contribution is 2.43. The molecule has 2 heterocycles. The predicted octanol–water partition coefficient (Wildman–Crippen LogP) is -0.0212. The number of carbonyl (C=O) groups is 2. The van der Waals surface area contributed by atoms with Crippen LogP contribution in [0.25, 0.3) is 0 Å². The van der Waals surface area contributed by atoms with Gasteiger partial charge >= 0.3 is 0 Å². The van der Waals surface area contributed by atoms with Gasteiger partial charge in [0.15, 0.2) is 0 Å². The Hall–Kier alpha value is -1.10. The summed E-state index contributed by atoms with van der Waals surface area (Å²) in [6.45, 7) is 0. The van der Waals surface area contributed by atoms with Gasteiger partial charge in [-0.05, 0) is 25.7 Å². The largest absolute Gasteiger partial charge is 0.550 e. The van der Waals surface area contributed by atoms with Gasteiger partial charge in [-0.3, -0.25) is 4.79 Å². The zero-order valence-electron chi connectivity index (χ0n) is 11.0. The Kier molecular flexibility index (Phi) is 3.48. The molecule has 3 aliphatic rings. The van der Waals surface area contributed by atoms with Crippen LogP contribution in [0.4, 0.5) is 0 Å². The lowest BCUT2D eigenvalue weighted by molar-refractivity contribution is -0.314. The molecular formula is C14H20NO4-. The molecule has 3 rings (SSSR count). The van der Waals surface area contributed by atoms with E-state index in [2.05, 4.69) is 5.32 Å². The Balaban J connectivity index is 1.66. The summed E-state index contributed by atoms with van der Waals surface area (Å²) in [5.74, 6) is -2.60. The smallest absolute Gasteiger partial charge is 0.226 e. The molecule has 1 aliphatic carbocycles. The first-order chi connectivity index (χ1) is 9.16. The Morgan fingerprint density at radius 3 is 2.21 bits per heavy atom. The van der Waals surface area contributed by atoms with Crippen molar-refractivity contribution >= 4 is 11.9 Å². The Morgan fingerprint density at radius 2 is 1.58 bits per heavy atom. The zero-order chi connectivity index (χ0) is 13.4. The molecule has 0 unspecified atom stereocenters. The van der Waals surface area contributed by atoms with E-state index in [0.29, 0.717) is 0 Å². The monoisotopic (exact) mass is 266 g/mol. The average molecular weight is 266 g/mol. The number of nitrogens with one attached hydrogen (secondary N) is 1. The molecule has 1 saturated carbocycles. The van der Waals surface area contributed by atoms with E-state index in [0.717, 1.165) is 38.5 Å². The van der Waals surface area contributed by atoms with Crippen molar-refractivity contribution in [2.24, 2.45) is 11.8 Å². The van der Waals surface area contributed by atoms with Crippen LogP contribution in [-0.4, -0.2) is 30.1 Å². The fourth-order valence-corrected chi connectivity index (χ4v) is 3.85. The minimum Gasteiger partial charge on any atom is -0.550 e. The van der Waals surface area contributed by atoms with Crippen molar-refractivity contribution in [2.75, 3.05) is 0 Å². The Morgan fingerprint density at radius 1 is 0.947 bits per heavy atom. The Bertz CT molecular complexity index is 378. The molecule has 1 amide bonds. The van der Waals surface area contributed by atoms with Gasteiger partial charge in [0.25, 0.3) is 0 Å². The van der Waals surface area contributed by atoms with Crippen molar-refractivity contribution in [1.29, 1.82) is 0 Å². The number of hydrogen-bond acceptors (Lipinski definition) is 4. The molecule has 0 aromatic rings. The molecule has 106 valence electrons. The molecule has 0 spiro atoms. The molecule has 2 saturated heterocycles. The van der Waals surface area contributed by atoms with Gasteiger partial charge in [0.1, 0.15) is 0 Å². The summed E-state index contributed by atoms with van der Waals surface area (Å²) in [7, 11) is 0. The maximum atomic E-state index is 12.3. The molecule has 3 fully saturated rings. The van der Waals surface area contributed by atoms with Crippen LogP contribution in [-0.2, 0) is 14.3 Å². The van der Waals surface area contributed by atoms with Crippen molar-refractivity contribution in [3.63, 3.8) is 0 Å². The molecule has 0 aromatic carbocycles. The second-order valence-corrected chi connectivity index (χ2v) is 6.00. The zero-order valence-corrected chi connectivity index (χ0v) is 11.0. The maximum absolute atomic E-state index is 12.3.